The Hall–Kier alpha value is -2.00. The summed E-state index contributed by atoms with van der Waals surface area (Å²) in [7, 11) is 0. The van der Waals surface area contributed by atoms with Crippen LogP contribution in [0.5, 0.6) is 5.75 Å². The minimum atomic E-state index is -1.84. The molecular weight excluding hydrogens is 386 g/mol. The first-order valence-electron chi connectivity index (χ1n) is 8.82. The van der Waals surface area contributed by atoms with Crippen LogP contribution in [0.2, 0.25) is 5.02 Å². The molecule has 2 aromatic rings. The quantitative estimate of drug-likeness (QED) is 0.298. The van der Waals surface area contributed by atoms with E-state index < -0.39 is 30.6 Å². The first-order valence-corrected chi connectivity index (χ1v) is 9.20. The molecule has 0 bridgehead atoms. The van der Waals surface area contributed by atoms with Gasteiger partial charge in [-0.1, -0.05) is 23.7 Å². The van der Waals surface area contributed by atoms with Crippen molar-refractivity contribution in [1.82, 2.24) is 5.48 Å². The zero-order chi connectivity index (χ0) is 20.7. The van der Waals surface area contributed by atoms with Gasteiger partial charge < -0.3 is 25.3 Å². The van der Waals surface area contributed by atoms with Gasteiger partial charge in [-0.05, 0) is 54.8 Å². The Balaban J connectivity index is 2.16. The topological polar surface area (TPSA) is 119 Å². The summed E-state index contributed by atoms with van der Waals surface area (Å²) >= 11 is 6.24. The van der Waals surface area contributed by atoms with Crippen LogP contribution in [0.15, 0.2) is 42.5 Å². The van der Waals surface area contributed by atoms with Crippen molar-refractivity contribution in [3.8, 4) is 5.75 Å². The standard InChI is InChI=1S/C20H24ClNO6/c1-2-28-15-6-3-12(4-7-15)9-14-10-13(5-8-16(14)21)18(24)20(26)19(25)17(23)11-22-27/h3-8,10,17,19-20,22-23,25-27H,2,9,11H2,1H3/t17-,19+,20+/m1/s1. The number of ketones is 1. The molecule has 0 fully saturated rings. The average Bonchev–Trinajstić information content (AvgIpc) is 2.69. The van der Waals surface area contributed by atoms with Crippen LogP contribution in [0.4, 0.5) is 0 Å². The first-order chi connectivity index (χ1) is 13.4. The van der Waals surface area contributed by atoms with Crippen molar-refractivity contribution in [2.45, 2.75) is 31.7 Å². The molecule has 0 aromatic heterocycles. The van der Waals surface area contributed by atoms with E-state index in [1.807, 2.05) is 31.2 Å². The predicted octanol–water partition coefficient (Wildman–Crippen LogP) is 1.57. The molecule has 8 heteroatoms. The van der Waals surface area contributed by atoms with Crippen molar-refractivity contribution in [2.24, 2.45) is 0 Å². The van der Waals surface area contributed by atoms with E-state index in [0.717, 1.165) is 11.3 Å². The number of benzene rings is 2. The second-order valence-electron chi connectivity index (χ2n) is 6.29. The molecule has 0 radical (unpaired) electrons. The Labute approximate surface area is 168 Å². The van der Waals surface area contributed by atoms with Gasteiger partial charge in [0.05, 0.1) is 12.7 Å². The van der Waals surface area contributed by atoms with Crippen molar-refractivity contribution >= 4 is 17.4 Å². The van der Waals surface area contributed by atoms with E-state index in [2.05, 4.69) is 0 Å². The smallest absolute Gasteiger partial charge is 0.194 e. The van der Waals surface area contributed by atoms with E-state index >= 15 is 0 Å². The van der Waals surface area contributed by atoms with Crippen molar-refractivity contribution in [3.05, 3.63) is 64.2 Å². The number of ether oxygens (including phenoxy) is 1. The van der Waals surface area contributed by atoms with Gasteiger partial charge in [0.2, 0.25) is 0 Å². The largest absolute Gasteiger partial charge is 0.494 e. The van der Waals surface area contributed by atoms with Crippen molar-refractivity contribution in [3.63, 3.8) is 0 Å². The van der Waals surface area contributed by atoms with Gasteiger partial charge in [0.15, 0.2) is 5.78 Å². The molecule has 3 atom stereocenters. The molecule has 2 rings (SSSR count). The molecule has 0 unspecified atom stereocenters. The number of carbonyl (C=O) groups is 1. The van der Waals surface area contributed by atoms with Gasteiger partial charge >= 0.3 is 0 Å². The first kappa shape index (κ1) is 22.3. The zero-order valence-electron chi connectivity index (χ0n) is 15.4. The van der Waals surface area contributed by atoms with Crippen LogP contribution in [-0.4, -0.2) is 57.8 Å². The Morgan fingerprint density at radius 2 is 1.82 bits per heavy atom. The van der Waals surface area contributed by atoms with E-state index in [-0.39, 0.29) is 5.56 Å². The molecule has 28 heavy (non-hydrogen) atoms. The second-order valence-corrected chi connectivity index (χ2v) is 6.70. The van der Waals surface area contributed by atoms with Gasteiger partial charge in [-0.3, -0.25) is 4.79 Å². The van der Waals surface area contributed by atoms with E-state index in [9.17, 15) is 20.1 Å². The van der Waals surface area contributed by atoms with Crippen LogP contribution in [-0.2, 0) is 6.42 Å². The third kappa shape index (κ3) is 5.75. The van der Waals surface area contributed by atoms with Crippen molar-refractivity contribution < 1.29 is 30.1 Å². The van der Waals surface area contributed by atoms with Crippen LogP contribution in [0.3, 0.4) is 0 Å². The van der Waals surface area contributed by atoms with Crippen LogP contribution in [0, 0.1) is 0 Å². The van der Waals surface area contributed by atoms with E-state index in [1.54, 1.807) is 17.6 Å². The van der Waals surface area contributed by atoms with Gasteiger partial charge in [0.25, 0.3) is 0 Å². The predicted molar refractivity (Wildman–Crippen MR) is 104 cm³/mol. The highest BCUT2D eigenvalue weighted by Gasteiger charge is 2.31. The Kier molecular flexibility index (Phi) is 8.37. The second kappa shape index (κ2) is 10.5. The number of hydrogen-bond donors (Lipinski definition) is 5. The molecule has 0 spiro atoms. The molecule has 0 aliphatic heterocycles. The van der Waals surface area contributed by atoms with Crippen molar-refractivity contribution in [1.29, 1.82) is 0 Å². The van der Waals surface area contributed by atoms with Crippen LogP contribution in [0.25, 0.3) is 0 Å². The van der Waals surface area contributed by atoms with Gasteiger partial charge in [-0.15, -0.1) is 0 Å². The molecule has 0 saturated carbocycles. The van der Waals surface area contributed by atoms with Gasteiger partial charge in [-0.25, -0.2) is 5.48 Å². The third-order valence-corrected chi connectivity index (χ3v) is 4.61. The lowest BCUT2D eigenvalue weighted by molar-refractivity contribution is -0.0559. The summed E-state index contributed by atoms with van der Waals surface area (Å²) in [5.74, 6) is 0.00316. The molecule has 2 aromatic carbocycles. The minimum absolute atomic E-state index is 0.154. The molecule has 0 amide bonds. The maximum atomic E-state index is 12.5. The van der Waals surface area contributed by atoms with E-state index in [1.165, 1.54) is 6.07 Å². The number of hydrogen-bond acceptors (Lipinski definition) is 7. The van der Waals surface area contributed by atoms with E-state index in [4.69, 9.17) is 21.5 Å². The van der Waals surface area contributed by atoms with Crippen LogP contribution in [0.1, 0.15) is 28.4 Å². The average molecular weight is 410 g/mol. The minimum Gasteiger partial charge on any atom is -0.494 e. The maximum absolute atomic E-state index is 12.5. The number of carbonyl (C=O) groups excluding carboxylic acids is 1. The highest BCUT2D eigenvalue weighted by atomic mass is 35.5. The Bertz CT molecular complexity index is 783. The number of hydroxylamine groups is 1. The summed E-state index contributed by atoms with van der Waals surface area (Å²) in [6.45, 7) is 2.09. The molecule has 0 aliphatic carbocycles. The fraction of sp³-hybridized carbons (Fsp3) is 0.350. The summed E-state index contributed by atoms with van der Waals surface area (Å²) in [5.41, 5.74) is 3.47. The highest BCUT2D eigenvalue weighted by Crippen LogP contribution is 2.23. The van der Waals surface area contributed by atoms with Gasteiger partial charge in [0.1, 0.15) is 18.0 Å². The monoisotopic (exact) mass is 409 g/mol. The fourth-order valence-electron chi connectivity index (χ4n) is 2.70. The number of aliphatic hydroxyl groups is 3. The lowest BCUT2D eigenvalue weighted by Gasteiger charge is -2.21. The molecule has 7 nitrogen and oxygen atoms in total. The van der Waals surface area contributed by atoms with E-state index in [0.29, 0.717) is 23.6 Å². The molecular formula is C20H24ClNO6. The molecule has 0 aliphatic rings. The summed E-state index contributed by atoms with van der Waals surface area (Å²) in [5, 5.41) is 38.6. The number of rotatable bonds is 10. The van der Waals surface area contributed by atoms with Crippen LogP contribution >= 0.6 is 11.6 Å². The molecule has 152 valence electrons. The number of nitrogens with one attached hydrogen (secondary N) is 1. The lowest BCUT2D eigenvalue weighted by atomic mass is 9.96. The molecule has 0 heterocycles. The lowest BCUT2D eigenvalue weighted by Crippen LogP contribution is -2.46. The Morgan fingerprint density at radius 1 is 1.14 bits per heavy atom. The summed E-state index contributed by atoms with van der Waals surface area (Å²) < 4.78 is 5.41. The van der Waals surface area contributed by atoms with Crippen molar-refractivity contribution in [2.75, 3.05) is 13.2 Å². The zero-order valence-corrected chi connectivity index (χ0v) is 16.1. The number of aliphatic hydroxyl groups excluding tert-OH is 3. The SMILES string of the molecule is CCOc1ccc(Cc2cc(C(=O)[C@H](O)[C@@H](O)[C@H](O)CNO)ccc2Cl)cc1. The van der Waals surface area contributed by atoms with Gasteiger partial charge in [0, 0.05) is 17.1 Å². The Morgan fingerprint density at radius 3 is 2.43 bits per heavy atom. The summed E-state index contributed by atoms with van der Waals surface area (Å²) in [6.07, 6.45) is -4.65. The third-order valence-electron chi connectivity index (χ3n) is 4.25. The summed E-state index contributed by atoms with van der Waals surface area (Å²) in [6, 6.07) is 12.0. The van der Waals surface area contributed by atoms with Crippen LogP contribution < -0.4 is 10.2 Å². The maximum Gasteiger partial charge on any atom is 0.194 e. The molecule has 5 N–H and O–H groups in total. The summed E-state index contributed by atoms with van der Waals surface area (Å²) in [4.78, 5) is 12.5. The number of halogens is 1. The highest BCUT2D eigenvalue weighted by molar-refractivity contribution is 6.31. The normalized spacial score (nSPS) is 14.4. The fourth-order valence-corrected chi connectivity index (χ4v) is 2.89. The van der Waals surface area contributed by atoms with Gasteiger partial charge in [-0.2, -0.15) is 0 Å². The number of Topliss-reactive ketones (excluding diaryl/α,β-unsaturated/α-hetero) is 1. The molecule has 0 saturated heterocycles.